The largest absolute Gasteiger partial charge is 0.353 e. The van der Waals surface area contributed by atoms with Crippen LogP contribution in [0, 0.1) is 0 Å². The van der Waals surface area contributed by atoms with Crippen LogP contribution in [0.2, 0.25) is 0 Å². The number of carbonyl (C=O) groups is 2. The van der Waals surface area contributed by atoms with Gasteiger partial charge in [-0.1, -0.05) is 0 Å². The molecular weight excluding hydrogens is 342 g/mol. The molecule has 0 bridgehead atoms. The molecule has 0 saturated heterocycles. The van der Waals surface area contributed by atoms with Crippen LogP contribution in [0.1, 0.15) is 16.6 Å². The van der Waals surface area contributed by atoms with Gasteiger partial charge in [-0.05, 0) is 35.0 Å². The lowest BCUT2D eigenvalue weighted by molar-refractivity contribution is -0.122. The van der Waals surface area contributed by atoms with Crippen molar-refractivity contribution in [2.24, 2.45) is 5.73 Å². The monoisotopic (exact) mass is 355 g/mol. The number of amides is 2. The maximum absolute atomic E-state index is 11.7. The summed E-state index contributed by atoms with van der Waals surface area (Å²) in [7, 11) is 0. The van der Waals surface area contributed by atoms with Crippen LogP contribution in [-0.4, -0.2) is 30.9 Å². The maximum Gasteiger partial charge on any atom is 0.262 e. The lowest BCUT2D eigenvalue weighted by atomic mass is 10.3. The molecule has 1 rings (SSSR count). The Morgan fingerprint density at radius 3 is 2.67 bits per heavy atom. The van der Waals surface area contributed by atoms with Gasteiger partial charge in [0.2, 0.25) is 5.91 Å². The highest BCUT2D eigenvalue weighted by Gasteiger charge is 2.16. The number of carbonyl (C=O) groups excluding carboxylic acids is 2. The Hall–Kier alpha value is -0.630. The summed E-state index contributed by atoms with van der Waals surface area (Å²) in [6.07, 6.45) is 0. The van der Waals surface area contributed by atoms with E-state index in [1.54, 1.807) is 19.1 Å². The summed E-state index contributed by atoms with van der Waals surface area (Å²) in [6, 6.07) is 2.92. The number of halogens is 2. The van der Waals surface area contributed by atoms with E-state index in [0.717, 1.165) is 3.79 Å². The highest BCUT2D eigenvalue weighted by atomic mass is 79.9. The van der Waals surface area contributed by atoms with Crippen molar-refractivity contribution in [3.05, 3.63) is 20.8 Å². The van der Waals surface area contributed by atoms with Gasteiger partial charge in [0.1, 0.15) is 6.04 Å². The number of rotatable bonds is 5. The molecule has 8 heteroatoms. The molecule has 1 aromatic rings. The zero-order valence-corrected chi connectivity index (χ0v) is 13.0. The van der Waals surface area contributed by atoms with Gasteiger partial charge in [-0.2, -0.15) is 0 Å². The van der Waals surface area contributed by atoms with Crippen molar-refractivity contribution >= 4 is 51.5 Å². The first-order valence-corrected chi connectivity index (χ1v) is 6.69. The first kappa shape index (κ1) is 17.4. The highest BCUT2D eigenvalue weighted by molar-refractivity contribution is 9.11. The predicted molar refractivity (Wildman–Crippen MR) is 78.3 cm³/mol. The van der Waals surface area contributed by atoms with Crippen molar-refractivity contribution in [2.45, 2.75) is 13.0 Å². The molecule has 2 amide bonds. The van der Waals surface area contributed by atoms with Crippen molar-refractivity contribution in [1.82, 2.24) is 10.6 Å². The van der Waals surface area contributed by atoms with Gasteiger partial charge in [-0.3, -0.25) is 9.59 Å². The van der Waals surface area contributed by atoms with Crippen molar-refractivity contribution in [2.75, 3.05) is 13.1 Å². The summed E-state index contributed by atoms with van der Waals surface area (Å²) in [6.45, 7) is 2.42. The molecular formula is C10H15BrClN3O2S. The summed E-state index contributed by atoms with van der Waals surface area (Å²) in [4.78, 5) is 23.8. The first-order chi connectivity index (χ1) is 8.04. The molecule has 1 atom stereocenters. The average Bonchev–Trinajstić information content (AvgIpc) is 2.72. The fourth-order valence-electron chi connectivity index (χ4n) is 1.12. The van der Waals surface area contributed by atoms with Crippen molar-refractivity contribution in [3.63, 3.8) is 0 Å². The van der Waals surface area contributed by atoms with Gasteiger partial charge in [0, 0.05) is 13.1 Å². The van der Waals surface area contributed by atoms with Crippen molar-refractivity contribution in [1.29, 1.82) is 0 Å². The summed E-state index contributed by atoms with van der Waals surface area (Å²) < 4.78 is 0.878. The van der Waals surface area contributed by atoms with Crippen LogP contribution >= 0.6 is 39.7 Å². The average molecular weight is 357 g/mol. The van der Waals surface area contributed by atoms with Gasteiger partial charge in [0.15, 0.2) is 0 Å². The predicted octanol–water partition coefficient (Wildman–Crippen LogP) is 1.13. The van der Waals surface area contributed by atoms with Gasteiger partial charge < -0.3 is 16.4 Å². The van der Waals surface area contributed by atoms with E-state index in [4.69, 9.17) is 5.73 Å². The van der Waals surface area contributed by atoms with E-state index in [2.05, 4.69) is 26.6 Å². The number of nitrogens with two attached hydrogens (primary N) is 1. The molecule has 0 spiro atoms. The molecule has 0 aliphatic rings. The molecule has 0 aliphatic carbocycles. The lowest BCUT2D eigenvalue weighted by Crippen LogP contribution is -2.45. The van der Waals surface area contributed by atoms with E-state index >= 15 is 0 Å². The zero-order valence-electron chi connectivity index (χ0n) is 9.73. The third kappa shape index (κ3) is 5.34. The number of hydrogen-bond donors (Lipinski definition) is 3. The summed E-state index contributed by atoms with van der Waals surface area (Å²) in [5.74, 6) is -0.490. The molecule has 1 heterocycles. The first-order valence-electron chi connectivity index (χ1n) is 5.08. The Kier molecular flexibility index (Phi) is 8.17. The topological polar surface area (TPSA) is 84.2 Å². The number of hydrogen-bond acceptors (Lipinski definition) is 4. The minimum Gasteiger partial charge on any atom is -0.353 e. The number of nitrogens with one attached hydrogen (secondary N) is 2. The Morgan fingerprint density at radius 2 is 2.17 bits per heavy atom. The molecule has 1 aromatic heterocycles. The van der Waals surface area contributed by atoms with Crippen molar-refractivity contribution < 1.29 is 9.59 Å². The fourth-order valence-corrected chi connectivity index (χ4v) is 2.41. The minimum atomic E-state index is -0.574. The standard InChI is InChI=1S/C10H14BrN3O2S.ClH/c1-6(9(15)13-5-4-12)14-10(16)7-2-3-8(11)17-7;/h2-3,6H,4-5,12H2,1H3,(H,13,15)(H,14,16);1H. The second-order valence-corrected chi connectivity index (χ2v) is 5.84. The van der Waals surface area contributed by atoms with Crippen LogP contribution in [0.15, 0.2) is 15.9 Å². The van der Waals surface area contributed by atoms with Gasteiger partial charge in [-0.15, -0.1) is 23.7 Å². The van der Waals surface area contributed by atoms with Gasteiger partial charge in [0.05, 0.1) is 8.66 Å². The van der Waals surface area contributed by atoms with E-state index in [1.807, 2.05) is 0 Å². The highest BCUT2D eigenvalue weighted by Crippen LogP contribution is 2.21. The molecule has 18 heavy (non-hydrogen) atoms. The van der Waals surface area contributed by atoms with Gasteiger partial charge in [0.25, 0.3) is 5.91 Å². The molecule has 0 aromatic carbocycles. The Morgan fingerprint density at radius 1 is 1.50 bits per heavy atom. The molecule has 0 aliphatic heterocycles. The van der Waals surface area contributed by atoms with E-state index in [0.29, 0.717) is 18.0 Å². The van der Waals surface area contributed by atoms with E-state index in [-0.39, 0.29) is 24.2 Å². The smallest absolute Gasteiger partial charge is 0.262 e. The van der Waals surface area contributed by atoms with Crippen LogP contribution in [0.5, 0.6) is 0 Å². The second kappa shape index (κ2) is 8.47. The fraction of sp³-hybridized carbons (Fsp3) is 0.400. The molecule has 4 N–H and O–H groups in total. The van der Waals surface area contributed by atoms with Crippen LogP contribution in [-0.2, 0) is 4.79 Å². The van der Waals surface area contributed by atoms with Crippen LogP contribution < -0.4 is 16.4 Å². The van der Waals surface area contributed by atoms with Crippen LogP contribution in [0.4, 0.5) is 0 Å². The molecule has 0 saturated carbocycles. The van der Waals surface area contributed by atoms with Crippen molar-refractivity contribution in [3.8, 4) is 0 Å². The van der Waals surface area contributed by atoms with E-state index < -0.39 is 6.04 Å². The van der Waals surface area contributed by atoms with Gasteiger partial charge >= 0.3 is 0 Å². The third-order valence-corrected chi connectivity index (χ3v) is 3.60. The van der Waals surface area contributed by atoms with Gasteiger partial charge in [-0.25, -0.2) is 0 Å². The SMILES string of the molecule is CC(NC(=O)c1ccc(Br)s1)C(=O)NCCN.Cl. The molecule has 0 radical (unpaired) electrons. The molecule has 5 nitrogen and oxygen atoms in total. The zero-order chi connectivity index (χ0) is 12.8. The van der Waals surface area contributed by atoms with E-state index in [1.165, 1.54) is 11.3 Å². The summed E-state index contributed by atoms with van der Waals surface area (Å²) in [5, 5.41) is 5.23. The summed E-state index contributed by atoms with van der Waals surface area (Å²) >= 11 is 4.60. The minimum absolute atomic E-state index is 0. The quantitative estimate of drug-likeness (QED) is 0.739. The number of thiophene rings is 1. The molecule has 1 unspecified atom stereocenters. The van der Waals surface area contributed by atoms with E-state index in [9.17, 15) is 9.59 Å². The normalized spacial score (nSPS) is 11.3. The Balaban J connectivity index is 0.00000289. The lowest BCUT2D eigenvalue weighted by Gasteiger charge is -2.12. The molecule has 0 fully saturated rings. The summed E-state index contributed by atoms with van der Waals surface area (Å²) in [5.41, 5.74) is 5.27. The third-order valence-electron chi connectivity index (χ3n) is 1.98. The maximum atomic E-state index is 11.7. The Bertz CT molecular complexity index is 414. The second-order valence-electron chi connectivity index (χ2n) is 3.38. The molecule has 102 valence electrons. The van der Waals surface area contributed by atoms with Crippen LogP contribution in [0.3, 0.4) is 0 Å². The van der Waals surface area contributed by atoms with Crippen LogP contribution in [0.25, 0.3) is 0 Å². The Labute approximate surface area is 124 Å².